The Balaban J connectivity index is 1.98. The fourth-order valence-corrected chi connectivity index (χ4v) is 1.89. The van der Waals surface area contributed by atoms with E-state index in [1.165, 1.54) is 18.2 Å². The third-order valence-corrected chi connectivity index (χ3v) is 3.00. The van der Waals surface area contributed by atoms with Crippen LogP contribution in [0.3, 0.4) is 0 Å². The van der Waals surface area contributed by atoms with Gasteiger partial charge in [0.15, 0.2) is 0 Å². The predicted molar refractivity (Wildman–Crippen MR) is 79.8 cm³/mol. The van der Waals surface area contributed by atoms with Gasteiger partial charge in [-0.1, -0.05) is 42.5 Å². The molecule has 0 radical (unpaired) electrons. The van der Waals surface area contributed by atoms with Crippen LogP contribution in [0.1, 0.15) is 17.2 Å². The molecule has 0 bridgehead atoms. The van der Waals surface area contributed by atoms with E-state index >= 15 is 0 Å². The second-order valence-electron chi connectivity index (χ2n) is 4.54. The minimum Gasteiger partial charge on any atom is -0.394 e. The van der Waals surface area contributed by atoms with Crippen molar-refractivity contribution < 1.29 is 14.3 Å². The molecule has 108 valence electrons. The summed E-state index contributed by atoms with van der Waals surface area (Å²) in [5.41, 5.74) is 1.57. The number of rotatable bonds is 5. The van der Waals surface area contributed by atoms with Gasteiger partial charge >= 0.3 is 0 Å². The highest BCUT2D eigenvalue weighted by molar-refractivity contribution is 5.92. The summed E-state index contributed by atoms with van der Waals surface area (Å²) in [4.78, 5) is 11.8. The molecule has 0 heterocycles. The Kier molecular flexibility index (Phi) is 5.23. The average Bonchev–Trinajstić information content (AvgIpc) is 2.53. The van der Waals surface area contributed by atoms with E-state index in [-0.39, 0.29) is 18.3 Å². The topological polar surface area (TPSA) is 49.3 Å². The van der Waals surface area contributed by atoms with E-state index in [0.29, 0.717) is 0 Å². The van der Waals surface area contributed by atoms with E-state index in [9.17, 15) is 14.3 Å². The number of aliphatic hydroxyl groups is 1. The maximum atomic E-state index is 12.8. The Morgan fingerprint density at radius 2 is 1.81 bits per heavy atom. The first-order chi connectivity index (χ1) is 10.2. The number of hydrogen-bond donors (Lipinski definition) is 2. The maximum Gasteiger partial charge on any atom is 0.244 e. The van der Waals surface area contributed by atoms with Gasteiger partial charge in [-0.15, -0.1) is 0 Å². The van der Waals surface area contributed by atoms with Crippen molar-refractivity contribution in [1.82, 2.24) is 5.32 Å². The molecule has 0 saturated carbocycles. The molecule has 0 aliphatic heterocycles. The lowest BCUT2D eigenvalue weighted by atomic mass is 10.1. The number of carbonyl (C=O) groups is 1. The van der Waals surface area contributed by atoms with Crippen LogP contribution in [0.2, 0.25) is 0 Å². The van der Waals surface area contributed by atoms with Crippen LogP contribution in [0.4, 0.5) is 4.39 Å². The van der Waals surface area contributed by atoms with Gasteiger partial charge in [0.2, 0.25) is 5.91 Å². The van der Waals surface area contributed by atoms with Crippen LogP contribution in [0.5, 0.6) is 0 Å². The molecule has 0 aromatic heterocycles. The zero-order valence-corrected chi connectivity index (χ0v) is 11.4. The van der Waals surface area contributed by atoms with Crippen molar-refractivity contribution in [2.75, 3.05) is 6.61 Å². The average molecular weight is 285 g/mol. The number of benzene rings is 2. The van der Waals surface area contributed by atoms with Crippen LogP contribution in [-0.2, 0) is 4.79 Å². The number of amides is 1. The first-order valence-corrected chi connectivity index (χ1v) is 6.59. The molecule has 4 heteroatoms. The SMILES string of the molecule is O=C(/C=C/c1ccc(F)cc1)N[C@H](CO)c1ccccc1. The van der Waals surface area contributed by atoms with Gasteiger partial charge in [0.1, 0.15) is 5.82 Å². The molecule has 2 aromatic rings. The molecule has 0 aliphatic carbocycles. The summed E-state index contributed by atoms with van der Waals surface area (Å²) in [5, 5.41) is 12.1. The van der Waals surface area contributed by atoms with Crippen LogP contribution in [0.25, 0.3) is 6.08 Å². The number of hydrogen-bond acceptors (Lipinski definition) is 2. The Hall–Kier alpha value is -2.46. The first kappa shape index (κ1) is 14.9. The normalized spacial score (nSPS) is 12.3. The lowest BCUT2D eigenvalue weighted by molar-refractivity contribution is -0.117. The zero-order chi connectivity index (χ0) is 15.1. The van der Waals surface area contributed by atoms with Crippen molar-refractivity contribution in [2.24, 2.45) is 0 Å². The largest absolute Gasteiger partial charge is 0.394 e. The van der Waals surface area contributed by atoms with Crippen LogP contribution in [0, 0.1) is 5.82 Å². The molecule has 3 nitrogen and oxygen atoms in total. The molecule has 1 amide bonds. The predicted octanol–water partition coefficient (Wildman–Crippen LogP) is 2.69. The molecule has 2 N–H and O–H groups in total. The van der Waals surface area contributed by atoms with Gasteiger partial charge in [-0.05, 0) is 29.3 Å². The van der Waals surface area contributed by atoms with Crippen LogP contribution in [0.15, 0.2) is 60.7 Å². The third-order valence-electron chi connectivity index (χ3n) is 3.00. The quantitative estimate of drug-likeness (QED) is 0.830. The van der Waals surface area contributed by atoms with Crippen LogP contribution in [-0.4, -0.2) is 17.6 Å². The van der Waals surface area contributed by atoms with Crippen molar-refractivity contribution in [3.8, 4) is 0 Å². The van der Waals surface area contributed by atoms with Crippen LogP contribution < -0.4 is 5.32 Å². The fourth-order valence-electron chi connectivity index (χ4n) is 1.89. The van der Waals surface area contributed by atoms with E-state index in [1.54, 1.807) is 18.2 Å². The minimum absolute atomic E-state index is 0.180. The number of nitrogens with one attached hydrogen (secondary N) is 1. The molecule has 0 aliphatic rings. The Morgan fingerprint density at radius 1 is 1.14 bits per heavy atom. The van der Waals surface area contributed by atoms with E-state index in [4.69, 9.17) is 0 Å². The number of halogens is 1. The lowest BCUT2D eigenvalue weighted by Gasteiger charge is -2.15. The lowest BCUT2D eigenvalue weighted by Crippen LogP contribution is -2.29. The van der Waals surface area contributed by atoms with Gasteiger partial charge in [-0.3, -0.25) is 4.79 Å². The van der Waals surface area contributed by atoms with Gasteiger partial charge in [0, 0.05) is 6.08 Å². The molecular formula is C17H16FNO2. The summed E-state index contributed by atoms with van der Waals surface area (Å²) < 4.78 is 12.8. The van der Waals surface area contributed by atoms with E-state index < -0.39 is 6.04 Å². The van der Waals surface area contributed by atoms with Gasteiger partial charge in [0.05, 0.1) is 12.6 Å². The van der Waals surface area contributed by atoms with E-state index in [1.807, 2.05) is 30.3 Å². The van der Waals surface area contributed by atoms with Crippen molar-refractivity contribution in [1.29, 1.82) is 0 Å². The third kappa shape index (κ3) is 4.54. The molecule has 0 fully saturated rings. The summed E-state index contributed by atoms with van der Waals surface area (Å²) in [5.74, 6) is -0.636. The van der Waals surface area contributed by atoms with Gasteiger partial charge in [0.25, 0.3) is 0 Å². The summed E-state index contributed by atoms with van der Waals surface area (Å²) >= 11 is 0. The molecule has 21 heavy (non-hydrogen) atoms. The van der Waals surface area contributed by atoms with Gasteiger partial charge in [-0.25, -0.2) is 4.39 Å². The molecule has 2 aromatic carbocycles. The Labute approximate surface area is 122 Å². The fraction of sp³-hybridized carbons (Fsp3) is 0.118. The molecule has 1 atom stereocenters. The smallest absolute Gasteiger partial charge is 0.244 e. The van der Waals surface area contributed by atoms with Gasteiger partial charge < -0.3 is 10.4 Å². The highest BCUT2D eigenvalue weighted by Crippen LogP contribution is 2.11. The maximum absolute atomic E-state index is 12.8. The van der Waals surface area contributed by atoms with E-state index in [2.05, 4.69) is 5.32 Å². The molecular weight excluding hydrogens is 269 g/mol. The molecule has 0 spiro atoms. The van der Waals surface area contributed by atoms with Crippen molar-refractivity contribution in [2.45, 2.75) is 6.04 Å². The summed E-state index contributed by atoms with van der Waals surface area (Å²) in [6.45, 7) is -0.180. The summed E-state index contributed by atoms with van der Waals surface area (Å²) in [6.07, 6.45) is 2.95. The highest BCUT2D eigenvalue weighted by Gasteiger charge is 2.11. The van der Waals surface area contributed by atoms with Crippen LogP contribution >= 0.6 is 0 Å². The van der Waals surface area contributed by atoms with Crippen molar-refractivity contribution in [3.05, 3.63) is 77.6 Å². The monoisotopic (exact) mass is 285 g/mol. The number of aliphatic hydroxyl groups excluding tert-OH is 1. The second-order valence-corrected chi connectivity index (χ2v) is 4.54. The van der Waals surface area contributed by atoms with Crippen molar-refractivity contribution >= 4 is 12.0 Å². The minimum atomic E-state index is -0.448. The summed E-state index contributed by atoms with van der Waals surface area (Å²) in [7, 11) is 0. The Morgan fingerprint density at radius 3 is 2.43 bits per heavy atom. The highest BCUT2D eigenvalue weighted by atomic mass is 19.1. The number of carbonyl (C=O) groups excluding carboxylic acids is 1. The Bertz CT molecular complexity index is 608. The van der Waals surface area contributed by atoms with E-state index in [0.717, 1.165) is 11.1 Å². The summed E-state index contributed by atoms with van der Waals surface area (Å²) in [6, 6.07) is 14.6. The second kappa shape index (κ2) is 7.36. The molecule has 0 unspecified atom stereocenters. The first-order valence-electron chi connectivity index (χ1n) is 6.59. The standard InChI is InChI=1S/C17H16FNO2/c18-15-9-6-13(7-10-15)8-11-17(21)19-16(12-20)14-4-2-1-3-5-14/h1-11,16,20H,12H2,(H,19,21)/b11-8+/t16-/m1/s1. The molecule has 2 rings (SSSR count). The van der Waals surface area contributed by atoms with Gasteiger partial charge in [-0.2, -0.15) is 0 Å². The molecule has 0 saturated heterocycles. The van der Waals surface area contributed by atoms with Crippen molar-refractivity contribution in [3.63, 3.8) is 0 Å². The zero-order valence-electron chi connectivity index (χ0n) is 11.4.